The maximum Gasteiger partial charge on any atom is 0.337 e. The van der Waals surface area contributed by atoms with E-state index in [1.165, 1.54) is 0 Å². The number of anilines is 1. The zero-order valence-electron chi connectivity index (χ0n) is 17.2. The molecule has 0 aliphatic carbocycles. The molecule has 1 aromatic heterocycles. The second-order valence-electron chi connectivity index (χ2n) is 8.96. The number of hydrogen-bond acceptors (Lipinski definition) is 4. The number of carboxylic acid groups (broad SMARTS) is 1. The van der Waals surface area contributed by atoms with Gasteiger partial charge >= 0.3 is 5.97 Å². The molecule has 2 rings (SSSR count). The van der Waals surface area contributed by atoms with Crippen LogP contribution in [0.3, 0.4) is 0 Å². The SMILES string of the molecule is C=Cc1nc(C)c(Br)c(N2CCC(C)(C)CC2)c1C(OC(C)(C)C)C(=O)O. The van der Waals surface area contributed by atoms with E-state index in [1.807, 2.05) is 27.7 Å². The van der Waals surface area contributed by atoms with E-state index in [9.17, 15) is 9.90 Å². The topological polar surface area (TPSA) is 62.7 Å². The fourth-order valence-electron chi connectivity index (χ4n) is 3.35. The first-order chi connectivity index (χ1) is 12.4. The zero-order chi connectivity index (χ0) is 20.6. The first-order valence-electron chi connectivity index (χ1n) is 9.34. The van der Waals surface area contributed by atoms with Crippen LogP contribution in [0.15, 0.2) is 11.1 Å². The Balaban J connectivity index is 2.65. The van der Waals surface area contributed by atoms with Gasteiger partial charge in [-0.2, -0.15) is 0 Å². The van der Waals surface area contributed by atoms with Crippen molar-refractivity contribution in [3.05, 3.63) is 28.0 Å². The Labute approximate surface area is 170 Å². The minimum absolute atomic E-state index is 0.292. The Morgan fingerprint density at radius 3 is 2.37 bits per heavy atom. The molecule has 0 spiro atoms. The van der Waals surface area contributed by atoms with Crippen molar-refractivity contribution in [1.29, 1.82) is 0 Å². The second-order valence-corrected chi connectivity index (χ2v) is 9.76. The van der Waals surface area contributed by atoms with Crippen LogP contribution in [0, 0.1) is 12.3 Å². The summed E-state index contributed by atoms with van der Waals surface area (Å²) in [4.78, 5) is 19.0. The Morgan fingerprint density at radius 2 is 1.93 bits per heavy atom. The molecule has 0 radical (unpaired) electrons. The van der Waals surface area contributed by atoms with E-state index in [0.717, 1.165) is 41.8 Å². The number of aryl methyl sites for hydroxylation is 1. The van der Waals surface area contributed by atoms with Crippen LogP contribution in [0.2, 0.25) is 0 Å². The van der Waals surface area contributed by atoms with E-state index in [4.69, 9.17) is 4.74 Å². The van der Waals surface area contributed by atoms with E-state index >= 15 is 0 Å². The van der Waals surface area contributed by atoms with E-state index in [2.05, 4.69) is 46.2 Å². The summed E-state index contributed by atoms with van der Waals surface area (Å²) in [6.07, 6.45) is 2.59. The lowest BCUT2D eigenvalue weighted by atomic mass is 9.82. The molecule has 1 N–H and O–H groups in total. The first-order valence-corrected chi connectivity index (χ1v) is 10.1. The van der Waals surface area contributed by atoms with E-state index in [1.54, 1.807) is 6.08 Å². The summed E-state index contributed by atoms with van der Waals surface area (Å²) in [5.41, 5.74) is 2.50. The standard InChI is InChI=1S/C21H31BrN2O3/c1-8-14-15(18(19(25)26)27-20(3,4)5)17(16(22)13(2)23-14)24-11-9-21(6,7)10-12-24/h8,18H,1,9-12H2,2-7H3,(H,25,26). The molecular weight excluding hydrogens is 408 g/mol. The molecule has 1 fully saturated rings. The monoisotopic (exact) mass is 438 g/mol. The highest BCUT2D eigenvalue weighted by Crippen LogP contribution is 2.43. The summed E-state index contributed by atoms with van der Waals surface area (Å²) in [6, 6.07) is 0. The minimum Gasteiger partial charge on any atom is -0.479 e. The van der Waals surface area contributed by atoms with Gasteiger partial charge in [0.05, 0.1) is 27.1 Å². The van der Waals surface area contributed by atoms with Crippen molar-refractivity contribution in [3.8, 4) is 0 Å². The van der Waals surface area contributed by atoms with Crippen LogP contribution in [0.1, 0.15) is 70.5 Å². The van der Waals surface area contributed by atoms with Crippen LogP contribution in [-0.2, 0) is 9.53 Å². The number of ether oxygens (including phenoxy) is 1. The molecule has 1 unspecified atom stereocenters. The zero-order valence-corrected chi connectivity index (χ0v) is 18.8. The Kier molecular flexibility index (Phi) is 6.42. The largest absolute Gasteiger partial charge is 0.479 e. The van der Waals surface area contributed by atoms with Gasteiger partial charge in [0.15, 0.2) is 6.10 Å². The van der Waals surface area contributed by atoms with Crippen molar-refractivity contribution in [2.75, 3.05) is 18.0 Å². The average Bonchev–Trinajstić information content (AvgIpc) is 2.54. The molecule has 0 amide bonds. The first kappa shape index (κ1) is 21.9. The molecule has 0 aromatic carbocycles. The molecule has 0 bridgehead atoms. The lowest BCUT2D eigenvalue weighted by Crippen LogP contribution is -2.39. The van der Waals surface area contributed by atoms with E-state index in [-0.39, 0.29) is 0 Å². The molecule has 0 saturated carbocycles. The van der Waals surface area contributed by atoms with Gasteiger partial charge in [-0.1, -0.05) is 20.4 Å². The number of aliphatic carboxylic acids is 1. The summed E-state index contributed by atoms with van der Waals surface area (Å²) < 4.78 is 6.79. The van der Waals surface area contributed by atoms with Crippen LogP contribution in [0.5, 0.6) is 0 Å². The fourth-order valence-corrected chi connectivity index (χ4v) is 3.90. The minimum atomic E-state index is -1.12. The third-order valence-corrected chi connectivity index (χ3v) is 5.88. The van der Waals surface area contributed by atoms with Gasteiger partial charge in [0.2, 0.25) is 0 Å². The number of carboxylic acids is 1. The molecule has 2 heterocycles. The number of aromatic nitrogens is 1. The fraction of sp³-hybridized carbons (Fsp3) is 0.619. The van der Waals surface area contributed by atoms with Crippen molar-refractivity contribution in [1.82, 2.24) is 4.98 Å². The summed E-state index contributed by atoms with van der Waals surface area (Å²) in [5, 5.41) is 9.96. The number of carbonyl (C=O) groups is 1. The van der Waals surface area contributed by atoms with Crippen molar-refractivity contribution in [2.24, 2.45) is 5.41 Å². The highest BCUT2D eigenvalue weighted by Gasteiger charge is 2.36. The Bertz CT molecular complexity index is 728. The van der Waals surface area contributed by atoms with Gasteiger partial charge in [0.1, 0.15) is 0 Å². The van der Waals surface area contributed by atoms with Crippen molar-refractivity contribution >= 4 is 33.7 Å². The molecule has 150 valence electrons. The highest BCUT2D eigenvalue weighted by molar-refractivity contribution is 9.10. The summed E-state index contributed by atoms with van der Waals surface area (Å²) in [5.74, 6) is -1.02. The highest BCUT2D eigenvalue weighted by atomic mass is 79.9. The van der Waals surface area contributed by atoms with Gasteiger partial charge in [0, 0.05) is 18.7 Å². The van der Waals surface area contributed by atoms with Gasteiger partial charge in [-0.25, -0.2) is 4.79 Å². The predicted octanol–water partition coefficient (Wildman–Crippen LogP) is 5.36. The lowest BCUT2D eigenvalue weighted by Gasteiger charge is -2.40. The molecular formula is C21H31BrN2O3. The van der Waals surface area contributed by atoms with Gasteiger partial charge in [-0.05, 0) is 68.0 Å². The summed E-state index contributed by atoms with van der Waals surface area (Å²) in [7, 11) is 0. The molecule has 27 heavy (non-hydrogen) atoms. The number of rotatable bonds is 5. The number of halogens is 1. The van der Waals surface area contributed by atoms with Crippen LogP contribution >= 0.6 is 15.9 Å². The van der Waals surface area contributed by atoms with Gasteiger partial charge in [-0.3, -0.25) is 4.98 Å². The maximum absolute atomic E-state index is 12.2. The van der Waals surface area contributed by atoms with Crippen LogP contribution in [0.4, 0.5) is 5.69 Å². The van der Waals surface area contributed by atoms with Crippen molar-refractivity contribution in [3.63, 3.8) is 0 Å². The third-order valence-electron chi connectivity index (χ3n) is 4.93. The second kappa shape index (κ2) is 7.92. The predicted molar refractivity (Wildman–Crippen MR) is 113 cm³/mol. The smallest absolute Gasteiger partial charge is 0.337 e. The summed E-state index contributed by atoms with van der Waals surface area (Å²) >= 11 is 3.67. The Hall–Kier alpha value is -1.40. The average molecular weight is 439 g/mol. The quantitative estimate of drug-likeness (QED) is 0.669. The van der Waals surface area contributed by atoms with Crippen molar-refractivity contribution in [2.45, 2.75) is 66.1 Å². The molecule has 6 heteroatoms. The van der Waals surface area contributed by atoms with Gasteiger partial charge in [0.25, 0.3) is 0 Å². The van der Waals surface area contributed by atoms with Crippen LogP contribution < -0.4 is 4.90 Å². The molecule has 1 aromatic rings. The molecule has 1 aliphatic rings. The summed E-state index contributed by atoms with van der Waals surface area (Å²) in [6.45, 7) is 17.6. The van der Waals surface area contributed by atoms with Crippen LogP contribution in [-0.4, -0.2) is 34.8 Å². The van der Waals surface area contributed by atoms with Gasteiger partial charge < -0.3 is 14.7 Å². The maximum atomic E-state index is 12.2. The molecule has 1 saturated heterocycles. The Morgan fingerprint density at radius 1 is 1.37 bits per heavy atom. The van der Waals surface area contributed by atoms with E-state index in [0.29, 0.717) is 16.7 Å². The lowest BCUT2D eigenvalue weighted by molar-refractivity contribution is -0.160. The van der Waals surface area contributed by atoms with Crippen LogP contribution in [0.25, 0.3) is 6.08 Å². The number of pyridine rings is 1. The third kappa shape index (κ3) is 5.11. The normalized spacial score (nSPS) is 18.3. The van der Waals surface area contributed by atoms with Crippen molar-refractivity contribution < 1.29 is 14.6 Å². The molecule has 1 atom stereocenters. The molecule has 1 aliphatic heterocycles. The number of piperidine rings is 1. The molecule has 5 nitrogen and oxygen atoms in total. The number of hydrogen-bond donors (Lipinski definition) is 1. The van der Waals surface area contributed by atoms with E-state index < -0.39 is 17.7 Å². The van der Waals surface area contributed by atoms with Gasteiger partial charge in [-0.15, -0.1) is 0 Å². The number of nitrogens with zero attached hydrogens (tertiary/aromatic N) is 2.